The minimum absolute atomic E-state index is 0.0253. The van der Waals surface area contributed by atoms with E-state index in [1.165, 1.54) is 12.1 Å². The van der Waals surface area contributed by atoms with Crippen LogP contribution in [0.3, 0.4) is 0 Å². The average Bonchev–Trinajstić information content (AvgIpc) is 2.32. The number of aromatic nitrogens is 1. The summed E-state index contributed by atoms with van der Waals surface area (Å²) in [5, 5.41) is 2.27. The van der Waals surface area contributed by atoms with Gasteiger partial charge in [-0.15, -0.1) is 0 Å². The summed E-state index contributed by atoms with van der Waals surface area (Å²) < 4.78 is 26.3. The normalized spacial score (nSPS) is 10.3. The highest BCUT2D eigenvalue weighted by atomic mass is 35.5. The van der Waals surface area contributed by atoms with Crippen LogP contribution in [0.2, 0.25) is 10.3 Å². The first kappa shape index (κ1) is 13.7. The highest BCUT2D eigenvalue weighted by Crippen LogP contribution is 2.19. The molecule has 0 unspecified atom stereocenters. The molecule has 1 aromatic carbocycles. The van der Waals surface area contributed by atoms with Crippen LogP contribution < -0.4 is 5.32 Å². The summed E-state index contributed by atoms with van der Waals surface area (Å²) >= 11 is 11.3. The number of carbonyl (C=O) groups excluding carboxylic acids is 1. The van der Waals surface area contributed by atoms with Gasteiger partial charge in [-0.2, -0.15) is 0 Å². The molecule has 1 N–H and O–H groups in total. The molecule has 0 radical (unpaired) electrons. The first-order valence-corrected chi connectivity index (χ1v) is 5.81. The molecule has 0 atom stereocenters. The van der Waals surface area contributed by atoms with Crippen LogP contribution in [0, 0.1) is 11.6 Å². The predicted molar refractivity (Wildman–Crippen MR) is 68.6 cm³/mol. The van der Waals surface area contributed by atoms with E-state index in [0.717, 1.165) is 18.2 Å². The van der Waals surface area contributed by atoms with Crippen LogP contribution in [0.1, 0.15) is 10.4 Å². The summed E-state index contributed by atoms with van der Waals surface area (Å²) in [4.78, 5) is 15.5. The van der Waals surface area contributed by atoms with Gasteiger partial charge in [0.05, 0.1) is 5.69 Å². The fourth-order valence-electron chi connectivity index (χ4n) is 1.38. The van der Waals surface area contributed by atoms with Crippen LogP contribution in [0.5, 0.6) is 0 Å². The van der Waals surface area contributed by atoms with Gasteiger partial charge in [0.25, 0.3) is 5.91 Å². The highest BCUT2D eigenvalue weighted by molar-refractivity contribution is 6.33. The summed E-state index contributed by atoms with van der Waals surface area (Å²) in [6.45, 7) is 0. The molecule has 1 heterocycles. The Labute approximate surface area is 117 Å². The van der Waals surface area contributed by atoms with Crippen molar-refractivity contribution in [2.75, 3.05) is 5.32 Å². The number of hydrogen-bond acceptors (Lipinski definition) is 2. The van der Waals surface area contributed by atoms with E-state index in [-0.39, 0.29) is 21.6 Å². The summed E-state index contributed by atoms with van der Waals surface area (Å²) in [5.41, 5.74) is -0.178. The number of pyridine rings is 1. The molecule has 0 spiro atoms. The molecular weight excluding hydrogens is 297 g/mol. The number of halogens is 4. The number of amides is 1. The quantitative estimate of drug-likeness (QED) is 0.854. The van der Waals surface area contributed by atoms with Crippen LogP contribution in [0.25, 0.3) is 0 Å². The summed E-state index contributed by atoms with van der Waals surface area (Å²) in [5.74, 6) is -2.08. The zero-order valence-corrected chi connectivity index (χ0v) is 10.8. The minimum Gasteiger partial charge on any atom is -0.319 e. The number of carbonyl (C=O) groups is 1. The maximum Gasteiger partial charge on any atom is 0.255 e. The SMILES string of the molecule is O=C(Nc1cc(F)ccc1F)c1cc(Cl)nc(Cl)c1. The molecule has 1 amide bonds. The second-order valence-electron chi connectivity index (χ2n) is 3.58. The zero-order valence-electron chi connectivity index (χ0n) is 9.25. The molecule has 2 aromatic rings. The summed E-state index contributed by atoms with van der Waals surface area (Å²) in [6, 6.07) is 5.26. The Kier molecular flexibility index (Phi) is 3.97. The Hall–Kier alpha value is -1.72. The van der Waals surface area contributed by atoms with E-state index in [4.69, 9.17) is 23.2 Å². The topological polar surface area (TPSA) is 42.0 Å². The third kappa shape index (κ3) is 3.39. The number of benzene rings is 1. The van der Waals surface area contributed by atoms with Gasteiger partial charge < -0.3 is 5.32 Å². The van der Waals surface area contributed by atoms with Gasteiger partial charge in [0.1, 0.15) is 21.9 Å². The lowest BCUT2D eigenvalue weighted by Gasteiger charge is -2.07. The van der Waals surface area contributed by atoms with Crippen LogP contribution in [-0.2, 0) is 0 Å². The molecule has 2 rings (SSSR count). The summed E-state index contributed by atoms with van der Waals surface area (Å²) in [7, 11) is 0. The second kappa shape index (κ2) is 5.50. The lowest BCUT2D eigenvalue weighted by atomic mass is 10.2. The maximum absolute atomic E-state index is 13.4. The van der Waals surface area contributed by atoms with E-state index in [0.29, 0.717) is 0 Å². The van der Waals surface area contributed by atoms with Gasteiger partial charge in [-0.3, -0.25) is 4.79 Å². The fourth-order valence-corrected chi connectivity index (χ4v) is 1.84. The number of nitrogens with one attached hydrogen (secondary N) is 1. The molecule has 19 heavy (non-hydrogen) atoms. The Morgan fingerprint density at radius 1 is 1.11 bits per heavy atom. The largest absolute Gasteiger partial charge is 0.319 e. The van der Waals surface area contributed by atoms with Crippen LogP contribution in [0.15, 0.2) is 30.3 Å². The van der Waals surface area contributed by atoms with E-state index in [2.05, 4.69) is 10.3 Å². The van der Waals surface area contributed by atoms with Crippen molar-refractivity contribution in [2.24, 2.45) is 0 Å². The predicted octanol–water partition coefficient (Wildman–Crippen LogP) is 3.92. The third-order valence-corrected chi connectivity index (χ3v) is 2.59. The van der Waals surface area contributed by atoms with Gasteiger partial charge in [-0.05, 0) is 24.3 Å². The number of rotatable bonds is 2. The van der Waals surface area contributed by atoms with Gasteiger partial charge in [0, 0.05) is 11.6 Å². The third-order valence-electron chi connectivity index (χ3n) is 2.20. The van der Waals surface area contributed by atoms with Gasteiger partial charge >= 0.3 is 0 Å². The molecule has 0 aliphatic rings. The standard InChI is InChI=1S/C12H6Cl2F2N2O/c13-10-3-6(4-11(14)18-10)12(19)17-9-5-7(15)1-2-8(9)16/h1-5H,(H,17,19). The van der Waals surface area contributed by atoms with Crippen LogP contribution in [-0.4, -0.2) is 10.9 Å². The van der Waals surface area contributed by atoms with Gasteiger partial charge in [-0.25, -0.2) is 13.8 Å². The number of anilines is 1. The van der Waals surface area contributed by atoms with E-state index in [1.54, 1.807) is 0 Å². The molecule has 98 valence electrons. The fraction of sp³-hybridized carbons (Fsp3) is 0. The van der Waals surface area contributed by atoms with Crippen molar-refractivity contribution in [1.82, 2.24) is 4.98 Å². The Morgan fingerprint density at radius 3 is 2.37 bits per heavy atom. The Bertz CT molecular complexity index is 629. The van der Waals surface area contributed by atoms with Gasteiger partial charge in [-0.1, -0.05) is 23.2 Å². The van der Waals surface area contributed by atoms with Crippen molar-refractivity contribution in [2.45, 2.75) is 0 Å². The smallest absolute Gasteiger partial charge is 0.255 e. The van der Waals surface area contributed by atoms with Crippen molar-refractivity contribution in [3.05, 3.63) is 57.8 Å². The van der Waals surface area contributed by atoms with Crippen LogP contribution >= 0.6 is 23.2 Å². The first-order valence-electron chi connectivity index (χ1n) is 5.05. The highest BCUT2D eigenvalue weighted by Gasteiger charge is 2.12. The molecule has 1 aromatic heterocycles. The minimum atomic E-state index is -0.749. The Morgan fingerprint density at radius 2 is 1.74 bits per heavy atom. The number of hydrogen-bond donors (Lipinski definition) is 1. The average molecular weight is 303 g/mol. The molecule has 7 heteroatoms. The van der Waals surface area contributed by atoms with Crippen molar-refractivity contribution in [3.63, 3.8) is 0 Å². The lowest BCUT2D eigenvalue weighted by molar-refractivity contribution is 0.102. The molecule has 3 nitrogen and oxygen atoms in total. The number of nitrogens with zero attached hydrogens (tertiary/aromatic N) is 1. The van der Waals surface area contributed by atoms with Crippen LogP contribution in [0.4, 0.5) is 14.5 Å². The first-order chi connectivity index (χ1) is 8.95. The lowest BCUT2D eigenvalue weighted by Crippen LogP contribution is -2.13. The van der Waals surface area contributed by atoms with Crippen molar-refractivity contribution >= 4 is 34.8 Å². The van der Waals surface area contributed by atoms with Crippen molar-refractivity contribution in [1.29, 1.82) is 0 Å². The van der Waals surface area contributed by atoms with Crippen molar-refractivity contribution < 1.29 is 13.6 Å². The molecule has 0 saturated heterocycles. The molecular formula is C12H6Cl2F2N2O. The monoisotopic (exact) mass is 302 g/mol. The van der Waals surface area contributed by atoms with E-state index < -0.39 is 17.5 Å². The van der Waals surface area contributed by atoms with Gasteiger partial charge in [0.15, 0.2) is 0 Å². The van der Waals surface area contributed by atoms with E-state index in [9.17, 15) is 13.6 Å². The molecule has 0 saturated carbocycles. The maximum atomic E-state index is 13.4. The second-order valence-corrected chi connectivity index (χ2v) is 4.35. The Balaban J connectivity index is 2.28. The van der Waals surface area contributed by atoms with E-state index >= 15 is 0 Å². The summed E-state index contributed by atoms with van der Waals surface area (Å²) in [6.07, 6.45) is 0. The van der Waals surface area contributed by atoms with E-state index in [1.807, 2.05) is 0 Å². The molecule has 0 aliphatic carbocycles. The molecule has 0 aliphatic heterocycles. The van der Waals surface area contributed by atoms with Crippen molar-refractivity contribution in [3.8, 4) is 0 Å². The zero-order chi connectivity index (χ0) is 14.0. The molecule has 0 bridgehead atoms. The molecule has 0 fully saturated rings. The van der Waals surface area contributed by atoms with Gasteiger partial charge in [0.2, 0.25) is 0 Å².